The molecule has 0 bridgehead atoms. The van der Waals surface area contributed by atoms with Crippen molar-refractivity contribution in [2.75, 3.05) is 13.2 Å². The molecule has 0 saturated carbocycles. The maximum Gasteiger partial charge on any atom is 0.309 e. The van der Waals surface area contributed by atoms with Gasteiger partial charge in [-0.25, -0.2) is 0 Å². The summed E-state index contributed by atoms with van der Waals surface area (Å²) in [5.41, 5.74) is 0. The average Bonchev–Trinajstić information content (AvgIpc) is 3.48. The third-order valence-electron chi connectivity index (χ3n) is 20.3. The van der Waals surface area contributed by atoms with E-state index >= 15 is 0 Å². The molecule has 4 unspecified atom stereocenters. The first-order valence-corrected chi connectivity index (χ1v) is 36.8. The molecule has 480 valence electrons. The van der Waals surface area contributed by atoms with Gasteiger partial charge in [-0.05, 0) is 49.4 Å². The summed E-state index contributed by atoms with van der Waals surface area (Å²) in [6.07, 6.45) is 60.0. The number of hydrogen-bond donors (Lipinski definition) is 0. The standard InChI is InChI=1S/C74H142O7/c1-11-15-19-23-27-31-35-39-43-47-51-55-67(56-52-48-44-40-36-32-28-24-20-16-12-2)71(75)77-59-69-63(7)61(5)65(9)73(79-69)81-74-66(10)62(6)64(8)70(80-74)60-78-72(76)68(57-53-49-45-41-37-33-29-25-21-17-13-3)58-54-50-46-42-38-34-30-26-22-18-14-4/h61-70,73-74H,11-60H2,1-10H3/t61-,62-,63+,64+,65?,66?,69?,70?,73-,74-/m0/s1. The molecule has 2 aliphatic rings. The molecule has 0 aromatic rings. The van der Waals surface area contributed by atoms with Crippen molar-refractivity contribution < 1.29 is 33.3 Å². The van der Waals surface area contributed by atoms with E-state index in [0.29, 0.717) is 11.8 Å². The van der Waals surface area contributed by atoms with Crippen LogP contribution in [-0.4, -0.2) is 49.9 Å². The Morgan fingerprint density at radius 3 is 0.691 bits per heavy atom. The molecule has 0 amide bonds. The smallest absolute Gasteiger partial charge is 0.309 e. The SMILES string of the molecule is CCCCCCCCCCCCCC(CCCCCCCCCCCCC)C(=O)OCC1O[C@@H](O[C@@H]2OC(COC(=O)C(CCCCCCCCCCCCC)CCCCCCCCCCCCC)[C@H](C)[C@H](C)C2C)C(C)[C@@H](C)[C@H]1C. The summed E-state index contributed by atoms with van der Waals surface area (Å²) < 4.78 is 33.3. The molecule has 7 nitrogen and oxygen atoms in total. The van der Waals surface area contributed by atoms with Crippen LogP contribution < -0.4 is 0 Å². The van der Waals surface area contributed by atoms with Crippen LogP contribution >= 0.6 is 0 Å². The minimum atomic E-state index is -0.486. The van der Waals surface area contributed by atoms with E-state index < -0.39 is 12.6 Å². The summed E-state index contributed by atoms with van der Waals surface area (Å²) in [4.78, 5) is 28.2. The first kappa shape index (κ1) is 75.9. The van der Waals surface area contributed by atoms with E-state index in [4.69, 9.17) is 23.7 Å². The molecule has 2 saturated heterocycles. The second-order valence-electron chi connectivity index (χ2n) is 27.3. The van der Waals surface area contributed by atoms with Gasteiger partial charge in [-0.2, -0.15) is 0 Å². The van der Waals surface area contributed by atoms with Gasteiger partial charge in [0.2, 0.25) is 0 Å². The van der Waals surface area contributed by atoms with Crippen LogP contribution in [0.2, 0.25) is 0 Å². The highest BCUT2D eigenvalue weighted by Crippen LogP contribution is 2.41. The molecule has 7 heteroatoms. The summed E-state index contributed by atoms with van der Waals surface area (Å²) in [7, 11) is 0. The van der Waals surface area contributed by atoms with Gasteiger partial charge in [-0.15, -0.1) is 0 Å². The number of carbonyl (C=O) groups excluding carboxylic acids is 2. The number of esters is 2. The Morgan fingerprint density at radius 2 is 0.481 bits per heavy atom. The summed E-state index contributed by atoms with van der Waals surface area (Å²) in [5.74, 6) is 1.16. The minimum Gasteiger partial charge on any atom is -0.463 e. The van der Waals surface area contributed by atoms with Crippen LogP contribution in [0.25, 0.3) is 0 Å². The molecule has 2 aliphatic heterocycles. The van der Waals surface area contributed by atoms with Crippen molar-refractivity contribution in [3.05, 3.63) is 0 Å². The predicted octanol–water partition coefficient (Wildman–Crippen LogP) is 23.4. The highest BCUT2D eigenvalue weighted by molar-refractivity contribution is 5.72. The van der Waals surface area contributed by atoms with Crippen molar-refractivity contribution in [2.24, 2.45) is 47.3 Å². The molecule has 10 atom stereocenters. The first-order chi connectivity index (χ1) is 39.5. The van der Waals surface area contributed by atoms with E-state index in [0.717, 1.165) is 51.4 Å². The lowest BCUT2D eigenvalue weighted by Crippen LogP contribution is -2.53. The van der Waals surface area contributed by atoms with Gasteiger partial charge in [0, 0.05) is 11.8 Å². The Hall–Kier alpha value is -1.18. The first-order valence-electron chi connectivity index (χ1n) is 36.8. The van der Waals surface area contributed by atoms with Gasteiger partial charge < -0.3 is 23.7 Å². The lowest BCUT2D eigenvalue weighted by molar-refractivity contribution is -0.344. The summed E-state index contributed by atoms with van der Waals surface area (Å²) in [6, 6.07) is 0. The number of carbonyl (C=O) groups is 2. The van der Waals surface area contributed by atoms with Gasteiger partial charge in [0.15, 0.2) is 12.6 Å². The van der Waals surface area contributed by atoms with E-state index in [1.807, 2.05) is 0 Å². The Morgan fingerprint density at radius 1 is 0.284 bits per heavy atom. The Labute approximate surface area is 505 Å². The normalized spacial score (nSPS) is 23.2. The highest BCUT2D eigenvalue weighted by Gasteiger charge is 2.46. The average molecular weight is 1140 g/mol. The zero-order valence-electron chi connectivity index (χ0n) is 56.1. The van der Waals surface area contributed by atoms with Gasteiger partial charge >= 0.3 is 11.9 Å². The van der Waals surface area contributed by atoms with Crippen LogP contribution in [0.5, 0.6) is 0 Å². The topological polar surface area (TPSA) is 80.3 Å². The van der Waals surface area contributed by atoms with Crippen LogP contribution in [0.4, 0.5) is 0 Å². The molecule has 2 rings (SSSR count). The largest absolute Gasteiger partial charge is 0.463 e. The third kappa shape index (κ3) is 36.5. The number of rotatable bonds is 56. The summed E-state index contributed by atoms with van der Waals surface area (Å²) in [5, 5.41) is 0. The minimum absolute atomic E-state index is 0.0296. The maximum atomic E-state index is 14.1. The molecule has 0 radical (unpaired) electrons. The second-order valence-corrected chi connectivity index (χ2v) is 27.3. The van der Waals surface area contributed by atoms with E-state index in [1.165, 1.54) is 257 Å². The summed E-state index contributed by atoms with van der Waals surface area (Å²) in [6.45, 7) is 23.2. The molecule has 0 N–H and O–H groups in total. The number of ether oxygens (including phenoxy) is 5. The lowest BCUT2D eigenvalue weighted by Gasteiger charge is -2.48. The molecule has 0 aromatic heterocycles. The zero-order valence-corrected chi connectivity index (χ0v) is 56.1. The number of unbranched alkanes of at least 4 members (excludes halogenated alkanes) is 40. The Balaban J connectivity index is 1.99. The maximum absolute atomic E-state index is 14.1. The van der Waals surface area contributed by atoms with Crippen LogP contribution in [0.1, 0.15) is 377 Å². The summed E-state index contributed by atoms with van der Waals surface area (Å²) >= 11 is 0. The molecule has 2 fully saturated rings. The van der Waals surface area contributed by atoms with Crippen molar-refractivity contribution in [1.82, 2.24) is 0 Å². The van der Waals surface area contributed by atoms with Crippen LogP contribution in [0.15, 0.2) is 0 Å². The second kappa shape index (κ2) is 52.0. The zero-order chi connectivity index (χ0) is 59.0. The van der Waals surface area contributed by atoms with Gasteiger partial charge in [0.25, 0.3) is 0 Å². The molecule has 81 heavy (non-hydrogen) atoms. The fourth-order valence-electron chi connectivity index (χ4n) is 13.3. The molecule has 2 heterocycles. The van der Waals surface area contributed by atoms with E-state index in [-0.39, 0.29) is 72.9 Å². The van der Waals surface area contributed by atoms with Crippen molar-refractivity contribution >= 4 is 11.9 Å². The van der Waals surface area contributed by atoms with Crippen LogP contribution in [0, 0.1) is 47.3 Å². The van der Waals surface area contributed by atoms with Gasteiger partial charge in [0.05, 0.1) is 24.0 Å². The molecule has 0 spiro atoms. The molecular formula is C74H142O7. The van der Waals surface area contributed by atoms with Gasteiger partial charge in [-0.3, -0.25) is 9.59 Å². The van der Waals surface area contributed by atoms with Crippen molar-refractivity contribution in [3.8, 4) is 0 Å². The van der Waals surface area contributed by atoms with Gasteiger partial charge in [0.1, 0.15) is 13.2 Å². The third-order valence-corrected chi connectivity index (χ3v) is 20.3. The van der Waals surface area contributed by atoms with E-state index in [2.05, 4.69) is 69.2 Å². The fourth-order valence-corrected chi connectivity index (χ4v) is 13.3. The van der Waals surface area contributed by atoms with Crippen molar-refractivity contribution in [1.29, 1.82) is 0 Å². The Bertz CT molecular complexity index is 1250. The van der Waals surface area contributed by atoms with E-state index in [1.54, 1.807) is 0 Å². The molecule has 0 aliphatic carbocycles. The van der Waals surface area contributed by atoms with Crippen LogP contribution in [0.3, 0.4) is 0 Å². The molecule has 0 aromatic carbocycles. The fraction of sp³-hybridized carbons (Fsp3) is 0.973. The van der Waals surface area contributed by atoms with Crippen LogP contribution in [-0.2, 0) is 33.3 Å². The van der Waals surface area contributed by atoms with Crippen molar-refractivity contribution in [2.45, 2.75) is 402 Å². The highest BCUT2D eigenvalue weighted by atomic mass is 16.8. The monoisotopic (exact) mass is 1140 g/mol. The van der Waals surface area contributed by atoms with E-state index in [9.17, 15) is 9.59 Å². The molecular weight excluding hydrogens is 1000 g/mol. The quantitative estimate of drug-likeness (QED) is 0.0443. The number of hydrogen-bond acceptors (Lipinski definition) is 7. The predicted molar refractivity (Wildman–Crippen MR) is 347 cm³/mol. The van der Waals surface area contributed by atoms with Crippen molar-refractivity contribution in [3.63, 3.8) is 0 Å². The Kier molecular flexibility index (Phi) is 48.7. The lowest BCUT2D eigenvalue weighted by atomic mass is 9.78. The van der Waals surface area contributed by atoms with Gasteiger partial charge in [-0.1, -0.05) is 352 Å².